The van der Waals surface area contributed by atoms with E-state index >= 15 is 0 Å². The lowest BCUT2D eigenvalue weighted by Crippen LogP contribution is -2.37. The Bertz CT molecular complexity index is 335. The van der Waals surface area contributed by atoms with Crippen LogP contribution in [-0.4, -0.2) is 17.3 Å². The Labute approximate surface area is 94.7 Å². The molecule has 1 rings (SSSR count). The first-order chi connectivity index (χ1) is 7.05. The van der Waals surface area contributed by atoms with E-state index in [9.17, 15) is 9.90 Å². The number of carboxylic acids is 1. The molecule has 0 aliphatic rings. The summed E-state index contributed by atoms with van der Waals surface area (Å²) in [4.78, 5) is 11.5. The second-order valence-corrected chi connectivity index (χ2v) is 4.82. The van der Waals surface area contributed by atoms with E-state index in [2.05, 4.69) is 0 Å². The highest BCUT2D eigenvalue weighted by Crippen LogP contribution is 2.41. The van der Waals surface area contributed by atoms with Crippen LogP contribution in [0.2, 0.25) is 0 Å². The Balaban J connectivity index is 3.28. The molecule has 1 N–H and O–H groups in total. The molecule has 0 heterocycles. The summed E-state index contributed by atoms with van der Waals surface area (Å²) in [6.45, 7) is 3.88. The minimum Gasteiger partial charge on any atom is -0.480 e. The smallest absolute Gasteiger partial charge is 0.324 e. The Hall–Kier alpha value is -0.960. The second kappa shape index (κ2) is 4.71. The molecule has 0 aliphatic carbocycles. The van der Waals surface area contributed by atoms with Crippen molar-refractivity contribution in [2.45, 2.75) is 18.6 Å². The number of hydrogen-bond acceptors (Lipinski definition) is 2. The van der Waals surface area contributed by atoms with Crippen LogP contribution in [-0.2, 0) is 9.54 Å². The van der Waals surface area contributed by atoms with Gasteiger partial charge in [-0.15, -0.1) is 11.8 Å². The number of thioether (sulfide) groups is 1. The molecule has 0 aromatic heterocycles. The average molecular weight is 224 g/mol. The number of carboxylic acid groups (broad SMARTS) is 1. The van der Waals surface area contributed by atoms with Gasteiger partial charge in [-0.3, -0.25) is 4.79 Å². The maximum absolute atomic E-state index is 11.5. The highest BCUT2D eigenvalue weighted by Gasteiger charge is 2.42. The van der Waals surface area contributed by atoms with Crippen molar-refractivity contribution in [3.8, 4) is 0 Å². The molecule has 0 spiro atoms. The van der Waals surface area contributed by atoms with Crippen molar-refractivity contribution >= 4 is 17.7 Å². The van der Waals surface area contributed by atoms with Crippen LogP contribution in [0, 0.1) is 5.92 Å². The number of rotatable bonds is 4. The second-order valence-electron chi connectivity index (χ2n) is 3.77. The SMILES string of the molecule is CSC(C(=O)O)(c1ccccc1)C(C)C. The molecule has 0 fully saturated rings. The standard InChI is InChI=1S/C12H16O2S/c1-9(2)12(15-3,11(13)14)10-7-5-4-6-8-10/h4-9H,1-3H3,(H,13,14). The third-order valence-electron chi connectivity index (χ3n) is 2.66. The van der Waals surface area contributed by atoms with E-state index in [4.69, 9.17) is 0 Å². The molecule has 0 radical (unpaired) electrons. The monoisotopic (exact) mass is 224 g/mol. The number of hydrogen-bond donors (Lipinski definition) is 1. The van der Waals surface area contributed by atoms with Crippen LogP contribution < -0.4 is 0 Å². The summed E-state index contributed by atoms with van der Waals surface area (Å²) in [5, 5.41) is 9.43. The number of carbonyl (C=O) groups is 1. The van der Waals surface area contributed by atoms with Gasteiger partial charge in [0.05, 0.1) is 0 Å². The van der Waals surface area contributed by atoms with E-state index < -0.39 is 10.7 Å². The summed E-state index contributed by atoms with van der Waals surface area (Å²) in [6, 6.07) is 9.42. The molecule has 15 heavy (non-hydrogen) atoms. The van der Waals surface area contributed by atoms with Gasteiger partial charge in [-0.1, -0.05) is 44.2 Å². The first kappa shape index (κ1) is 12.1. The van der Waals surface area contributed by atoms with E-state index in [0.717, 1.165) is 5.56 Å². The van der Waals surface area contributed by atoms with Crippen LogP contribution in [0.4, 0.5) is 0 Å². The lowest BCUT2D eigenvalue weighted by atomic mass is 9.87. The van der Waals surface area contributed by atoms with Crippen molar-refractivity contribution < 1.29 is 9.90 Å². The largest absolute Gasteiger partial charge is 0.480 e. The molecular formula is C12H16O2S. The molecule has 3 heteroatoms. The summed E-state index contributed by atoms with van der Waals surface area (Å²) in [6.07, 6.45) is 1.85. The van der Waals surface area contributed by atoms with Gasteiger partial charge in [0.15, 0.2) is 0 Å². The van der Waals surface area contributed by atoms with Crippen molar-refractivity contribution in [1.82, 2.24) is 0 Å². The summed E-state index contributed by atoms with van der Waals surface area (Å²) >= 11 is 1.39. The van der Waals surface area contributed by atoms with E-state index in [1.807, 2.05) is 50.4 Å². The normalized spacial score (nSPS) is 14.9. The Kier molecular flexibility index (Phi) is 3.80. The topological polar surface area (TPSA) is 37.3 Å². The molecule has 1 aromatic rings. The Morgan fingerprint density at radius 2 is 1.87 bits per heavy atom. The fourth-order valence-electron chi connectivity index (χ4n) is 1.83. The lowest BCUT2D eigenvalue weighted by molar-refractivity contribution is -0.141. The zero-order valence-electron chi connectivity index (χ0n) is 9.23. The predicted octanol–water partition coefficient (Wildman–Crippen LogP) is 2.99. The van der Waals surface area contributed by atoms with Gasteiger partial charge >= 0.3 is 5.97 Å². The van der Waals surface area contributed by atoms with Crippen molar-refractivity contribution in [1.29, 1.82) is 0 Å². The van der Waals surface area contributed by atoms with Crippen LogP contribution >= 0.6 is 11.8 Å². The summed E-state index contributed by atoms with van der Waals surface area (Å²) in [5.74, 6) is -0.719. The molecule has 0 bridgehead atoms. The number of aliphatic carboxylic acids is 1. The van der Waals surface area contributed by atoms with Crippen molar-refractivity contribution in [2.75, 3.05) is 6.26 Å². The first-order valence-corrected chi connectivity index (χ1v) is 6.12. The molecule has 82 valence electrons. The minimum absolute atomic E-state index is 0.0485. The molecule has 1 atom stereocenters. The zero-order valence-corrected chi connectivity index (χ0v) is 10.0. The molecule has 2 nitrogen and oxygen atoms in total. The Morgan fingerprint density at radius 1 is 1.33 bits per heavy atom. The van der Waals surface area contributed by atoms with Crippen LogP contribution in [0.5, 0.6) is 0 Å². The van der Waals surface area contributed by atoms with Crippen molar-refractivity contribution in [3.05, 3.63) is 35.9 Å². The predicted molar refractivity (Wildman–Crippen MR) is 64.1 cm³/mol. The summed E-state index contributed by atoms with van der Waals surface area (Å²) < 4.78 is -0.832. The van der Waals surface area contributed by atoms with Gasteiger partial charge in [0, 0.05) is 0 Å². The maximum Gasteiger partial charge on any atom is 0.324 e. The molecule has 0 saturated carbocycles. The van der Waals surface area contributed by atoms with Gasteiger partial charge in [0.2, 0.25) is 0 Å². The van der Waals surface area contributed by atoms with Gasteiger partial charge in [0.25, 0.3) is 0 Å². The fraction of sp³-hybridized carbons (Fsp3) is 0.417. The van der Waals surface area contributed by atoms with Crippen LogP contribution in [0.1, 0.15) is 19.4 Å². The van der Waals surface area contributed by atoms with Gasteiger partial charge in [-0.25, -0.2) is 0 Å². The van der Waals surface area contributed by atoms with Crippen LogP contribution in [0.15, 0.2) is 30.3 Å². The minimum atomic E-state index is -0.832. The van der Waals surface area contributed by atoms with Gasteiger partial charge in [-0.2, -0.15) is 0 Å². The summed E-state index contributed by atoms with van der Waals surface area (Å²) in [7, 11) is 0. The zero-order chi connectivity index (χ0) is 11.5. The molecule has 1 aromatic carbocycles. The lowest BCUT2D eigenvalue weighted by Gasteiger charge is -2.31. The highest BCUT2D eigenvalue weighted by molar-refractivity contribution is 8.00. The van der Waals surface area contributed by atoms with Crippen molar-refractivity contribution in [2.24, 2.45) is 5.92 Å². The molecule has 0 aliphatic heterocycles. The highest BCUT2D eigenvalue weighted by atomic mass is 32.2. The number of benzene rings is 1. The molecule has 0 saturated heterocycles. The van der Waals surface area contributed by atoms with Gasteiger partial charge in [0.1, 0.15) is 4.75 Å². The van der Waals surface area contributed by atoms with Crippen molar-refractivity contribution in [3.63, 3.8) is 0 Å². The van der Waals surface area contributed by atoms with E-state index in [-0.39, 0.29) is 5.92 Å². The van der Waals surface area contributed by atoms with E-state index in [0.29, 0.717) is 0 Å². The fourth-order valence-corrected chi connectivity index (χ4v) is 2.85. The maximum atomic E-state index is 11.5. The quantitative estimate of drug-likeness (QED) is 0.854. The van der Waals surface area contributed by atoms with E-state index in [1.165, 1.54) is 11.8 Å². The average Bonchev–Trinajstić information content (AvgIpc) is 2.20. The molecular weight excluding hydrogens is 208 g/mol. The molecule has 0 amide bonds. The molecule has 1 unspecified atom stereocenters. The first-order valence-electron chi connectivity index (χ1n) is 4.89. The van der Waals surface area contributed by atoms with E-state index in [1.54, 1.807) is 0 Å². The van der Waals surface area contributed by atoms with Gasteiger partial charge in [-0.05, 0) is 17.7 Å². The summed E-state index contributed by atoms with van der Waals surface area (Å²) in [5.41, 5.74) is 0.861. The third kappa shape index (κ3) is 2.02. The van der Waals surface area contributed by atoms with Gasteiger partial charge < -0.3 is 5.11 Å². The Morgan fingerprint density at radius 3 is 2.20 bits per heavy atom. The van der Waals surface area contributed by atoms with Crippen LogP contribution in [0.25, 0.3) is 0 Å². The third-order valence-corrected chi connectivity index (χ3v) is 4.18. The van der Waals surface area contributed by atoms with Crippen LogP contribution in [0.3, 0.4) is 0 Å².